The third-order valence-corrected chi connectivity index (χ3v) is 3.55. The lowest BCUT2D eigenvalue weighted by molar-refractivity contribution is -0.115. The molecule has 2 aromatic rings. The van der Waals surface area contributed by atoms with Crippen LogP contribution in [0.15, 0.2) is 0 Å². The second-order valence-corrected chi connectivity index (χ2v) is 5.27. The fourth-order valence-corrected chi connectivity index (χ4v) is 3.06. The van der Waals surface area contributed by atoms with Crippen LogP contribution in [0, 0.1) is 0 Å². The fraction of sp³-hybridized carbons (Fsp3) is 0.250. The van der Waals surface area contributed by atoms with Crippen LogP contribution in [0.25, 0.3) is 9.66 Å². The normalized spacial score (nSPS) is 10.4. The molecule has 0 aliphatic rings. The van der Waals surface area contributed by atoms with Gasteiger partial charge in [-0.2, -0.15) is 9.97 Å². The van der Waals surface area contributed by atoms with Gasteiger partial charge in [0.25, 0.3) is 0 Å². The number of anilines is 2. The van der Waals surface area contributed by atoms with Crippen molar-refractivity contribution in [1.82, 2.24) is 9.97 Å². The summed E-state index contributed by atoms with van der Waals surface area (Å²) in [6, 6.07) is 0. The second kappa shape index (κ2) is 4.14. The number of fused-ring (bicyclic) bond motifs is 1. The SMILES string of the molecule is CC(=O)Nc1nc2nc(NC(C)=O)sc2s1. The first-order valence-electron chi connectivity index (χ1n) is 4.37. The average molecular weight is 256 g/mol. The van der Waals surface area contributed by atoms with Crippen molar-refractivity contribution < 1.29 is 9.59 Å². The van der Waals surface area contributed by atoms with E-state index in [4.69, 9.17) is 0 Å². The Morgan fingerprint density at radius 3 is 1.75 bits per heavy atom. The van der Waals surface area contributed by atoms with Crippen LogP contribution in [-0.4, -0.2) is 21.8 Å². The summed E-state index contributed by atoms with van der Waals surface area (Å²) in [5, 5.41) is 6.22. The molecule has 0 atom stereocenters. The molecule has 16 heavy (non-hydrogen) atoms. The molecule has 0 bridgehead atoms. The molecule has 0 unspecified atom stereocenters. The number of thiazole rings is 2. The first-order chi connectivity index (χ1) is 7.54. The van der Waals surface area contributed by atoms with E-state index in [1.807, 2.05) is 0 Å². The maximum Gasteiger partial charge on any atom is 0.223 e. The predicted molar refractivity (Wildman–Crippen MR) is 63.9 cm³/mol. The zero-order chi connectivity index (χ0) is 11.7. The summed E-state index contributed by atoms with van der Waals surface area (Å²) in [6.45, 7) is 2.84. The molecule has 0 spiro atoms. The monoisotopic (exact) mass is 256 g/mol. The van der Waals surface area contributed by atoms with Gasteiger partial charge in [0.2, 0.25) is 11.8 Å². The van der Waals surface area contributed by atoms with E-state index in [2.05, 4.69) is 20.6 Å². The van der Waals surface area contributed by atoms with E-state index in [0.717, 1.165) is 4.01 Å². The van der Waals surface area contributed by atoms with E-state index < -0.39 is 0 Å². The Bertz CT molecular complexity index is 482. The highest BCUT2D eigenvalue weighted by atomic mass is 32.2. The van der Waals surface area contributed by atoms with Crippen LogP contribution < -0.4 is 10.6 Å². The minimum atomic E-state index is -0.163. The van der Waals surface area contributed by atoms with Crippen molar-refractivity contribution in [3.63, 3.8) is 0 Å². The first-order valence-corrected chi connectivity index (χ1v) is 6.00. The molecule has 2 aromatic heterocycles. The molecular formula is C8H8N4O2S2. The number of aromatic nitrogens is 2. The number of carbonyl (C=O) groups excluding carboxylic acids is 2. The summed E-state index contributed by atoms with van der Waals surface area (Å²) in [7, 11) is 0. The van der Waals surface area contributed by atoms with Gasteiger partial charge >= 0.3 is 0 Å². The molecule has 2 N–H and O–H groups in total. The zero-order valence-corrected chi connectivity index (χ0v) is 10.2. The molecule has 2 rings (SSSR count). The molecule has 0 aliphatic carbocycles. The largest absolute Gasteiger partial charge is 0.302 e. The molecule has 0 fully saturated rings. The first kappa shape index (κ1) is 11.0. The quantitative estimate of drug-likeness (QED) is 0.856. The van der Waals surface area contributed by atoms with Crippen molar-refractivity contribution >= 4 is 54.4 Å². The van der Waals surface area contributed by atoms with Crippen molar-refractivity contribution in [2.45, 2.75) is 13.8 Å². The number of amides is 2. The molecular weight excluding hydrogens is 248 g/mol. The van der Waals surface area contributed by atoms with Crippen LogP contribution in [0.5, 0.6) is 0 Å². The van der Waals surface area contributed by atoms with Gasteiger partial charge in [0.1, 0.15) is 4.01 Å². The molecule has 0 aliphatic heterocycles. The van der Waals surface area contributed by atoms with Crippen molar-refractivity contribution in [2.24, 2.45) is 0 Å². The van der Waals surface area contributed by atoms with E-state index in [0.29, 0.717) is 15.9 Å². The van der Waals surface area contributed by atoms with Gasteiger partial charge in [-0.15, -0.1) is 0 Å². The zero-order valence-electron chi connectivity index (χ0n) is 8.53. The minimum Gasteiger partial charge on any atom is -0.302 e. The lowest BCUT2D eigenvalue weighted by Crippen LogP contribution is -2.05. The molecule has 0 radical (unpaired) electrons. The van der Waals surface area contributed by atoms with Crippen molar-refractivity contribution in [2.75, 3.05) is 10.6 Å². The van der Waals surface area contributed by atoms with Gasteiger partial charge in [-0.1, -0.05) is 22.7 Å². The molecule has 8 heteroatoms. The van der Waals surface area contributed by atoms with Crippen molar-refractivity contribution in [3.8, 4) is 0 Å². The number of hydrogen-bond donors (Lipinski definition) is 2. The fourth-order valence-electron chi connectivity index (χ4n) is 1.05. The summed E-state index contributed by atoms with van der Waals surface area (Å²) >= 11 is 2.67. The maximum atomic E-state index is 10.8. The Morgan fingerprint density at radius 1 is 1.00 bits per heavy atom. The van der Waals surface area contributed by atoms with Gasteiger partial charge in [0.15, 0.2) is 15.9 Å². The lowest BCUT2D eigenvalue weighted by Gasteiger charge is -1.93. The molecule has 2 heterocycles. The van der Waals surface area contributed by atoms with E-state index >= 15 is 0 Å². The van der Waals surface area contributed by atoms with Crippen LogP contribution in [0.3, 0.4) is 0 Å². The highest BCUT2D eigenvalue weighted by molar-refractivity contribution is 7.41. The van der Waals surface area contributed by atoms with Crippen LogP contribution in [-0.2, 0) is 9.59 Å². The van der Waals surface area contributed by atoms with Crippen LogP contribution in [0.2, 0.25) is 0 Å². The molecule has 0 saturated carbocycles. The number of hydrogen-bond acceptors (Lipinski definition) is 6. The third kappa shape index (κ3) is 2.34. The van der Waals surface area contributed by atoms with E-state index in [-0.39, 0.29) is 11.8 Å². The van der Waals surface area contributed by atoms with Gasteiger partial charge in [-0.05, 0) is 0 Å². The van der Waals surface area contributed by atoms with E-state index in [9.17, 15) is 9.59 Å². The highest BCUT2D eigenvalue weighted by Gasteiger charge is 2.11. The van der Waals surface area contributed by atoms with Gasteiger partial charge in [0, 0.05) is 13.8 Å². The van der Waals surface area contributed by atoms with E-state index in [1.54, 1.807) is 0 Å². The Hall–Kier alpha value is -1.54. The molecule has 0 saturated heterocycles. The Balaban J connectivity index is 2.25. The maximum absolute atomic E-state index is 10.8. The smallest absolute Gasteiger partial charge is 0.223 e. The highest BCUT2D eigenvalue weighted by Crippen LogP contribution is 2.33. The number of nitrogens with zero attached hydrogens (tertiary/aromatic N) is 2. The van der Waals surface area contributed by atoms with Crippen molar-refractivity contribution in [3.05, 3.63) is 0 Å². The number of nitrogens with one attached hydrogen (secondary N) is 2. The van der Waals surface area contributed by atoms with Gasteiger partial charge in [-0.3, -0.25) is 9.59 Å². The standard InChI is InChI=1S/C8H8N4O2S2/c1-3(13)9-7-11-5-6(15-7)16-8(12-5)10-4(2)14/h1-2H3,(H,9,11,13)(H,10,12,14). The van der Waals surface area contributed by atoms with Crippen LogP contribution in [0.4, 0.5) is 10.3 Å². The Kier molecular flexibility index (Phi) is 2.84. The number of carbonyl (C=O) groups is 2. The van der Waals surface area contributed by atoms with E-state index in [1.165, 1.54) is 36.5 Å². The summed E-state index contributed by atoms with van der Waals surface area (Å²) in [4.78, 5) is 29.8. The molecule has 0 aromatic carbocycles. The summed E-state index contributed by atoms with van der Waals surface area (Å²) in [5.41, 5.74) is 0.544. The van der Waals surface area contributed by atoms with Crippen molar-refractivity contribution in [1.29, 1.82) is 0 Å². The van der Waals surface area contributed by atoms with Gasteiger partial charge in [-0.25, -0.2) is 0 Å². The molecule has 6 nitrogen and oxygen atoms in total. The Labute approximate surface area is 98.7 Å². The minimum absolute atomic E-state index is 0.163. The second-order valence-electron chi connectivity index (χ2n) is 3.01. The number of rotatable bonds is 2. The van der Waals surface area contributed by atoms with Crippen LogP contribution >= 0.6 is 22.7 Å². The molecule has 84 valence electrons. The average Bonchev–Trinajstić information content (AvgIpc) is 2.58. The predicted octanol–water partition coefficient (Wildman–Crippen LogP) is 1.67. The lowest BCUT2D eigenvalue weighted by atomic mass is 10.7. The van der Waals surface area contributed by atoms with Crippen LogP contribution in [0.1, 0.15) is 13.8 Å². The summed E-state index contributed by atoms with van der Waals surface area (Å²) in [5.74, 6) is -0.327. The summed E-state index contributed by atoms with van der Waals surface area (Å²) < 4.78 is 0.868. The third-order valence-electron chi connectivity index (χ3n) is 1.54. The topological polar surface area (TPSA) is 84.0 Å². The molecule has 2 amide bonds. The van der Waals surface area contributed by atoms with Gasteiger partial charge in [0.05, 0.1) is 0 Å². The summed E-state index contributed by atoms with van der Waals surface area (Å²) in [6.07, 6.45) is 0. The van der Waals surface area contributed by atoms with Gasteiger partial charge < -0.3 is 10.6 Å². The Morgan fingerprint density at radius 2 is 1.44 bits per heavy atom.